The third-order valence-corrected chi connectivity index (χ3v) is 25.5. The van der Waals surface area contributed by atoms with E-state index in [9.17, 15) is 38.0 Å². The monoisotopic (exact) mass is 1630 g/mol. The first-order chi connectivity index (χ1) is 56.9. The highest BCUT2D eigenvalue weighted by atomic mass is 32.2. The molecule has 1 unspecified atom stereocenters. The summed E-state index contributed by atoms with van der Waals surface area (Å²) >= 11 is 0. The number of guanidine groups is 1. The summed E-state index contributed by atoms with van der Waals surface area (Å²) in [7, 11) is 0.606. The highest BCUT2D eigenvalue weighted by Crippen LogP contribution is 2.45. The fraction of sp³-hybridized carbons (Fsp3) is 0.462. The van der Waals surface area contributed by atoms with E-state index >= 15 is 24.0 Å². The molecular formula is C93H116FN11O12S. The molecule has 0 spiro atoms. The van der Waals surface area contributed by atoms with Gasteiger partial charge in [0.25, 0.3) is 0 Å². The topological polar surface area (TPSA) is 385 Å². The second-order valence-corrected chi connectivity index (χ2v) is 34.6. The zero-order valence-corrected chi connectivity index (χ0v) is 68.6. The SMILES string of the molecule is C[C@@H](O)[C@@H]1NC(=O)[C@H](CCCCN)CC(=O)[C@@H](Cc2c[nH]c3ccccc23)NC(=O)[C@H](Cc2ccccc2)CC(=O)[C@H](Cc2ccccc2)NC(=O)[C@H](CCCN=C(N)N)CC(=O)[C@H](NC[C@@H](CC(=O)CS(=O)C[C@@H]2C[C@@H]3c4cccc5[nH]cc(c45)C[C@H]3N(C)C2)Cc2ccc(O)cc2)CCCCCC(=O)[C@H](Cc2ccc(F)cc2)CC1=O. The van der Waals surface area contributed by atoms with E-state index in [0.29, 0.717) is 72.6 Å². The van der Waals surface area contributed by atoms with Crippen LogP contribution in [0.15, 0.2) is 169 Å². The van der Waals surface area contributed by atoms with E-state index in [4.69, 9.17) is 17.2 Å². The normalized spacial score (nSPS) is 23.6. The van der Waals surface area contributed by atoms with E-state index in [2.05, 4.69) is 72.6 Å². The van der Waals surface area contributed by atoms with Gasteiger partial charge in [0, 0.05) is 144 Å². The molecule has 14 N–H and O–H groups in total. The van der Waals surface area contributed by atoms with Gasteiger partial charge in [0.2, 0.25) is 17.7 Å². The van der Waals surface area contributed by atoms with Crippen LogP contribution in [0.2, 0.25) is 0 Å². The van der Waals surface area contributed by atoms with Crippen molar-refractivity contribution in [3.8, 4) is 5.75 Å². The summed E-state index contributed by atoms with van der Waals surface area (Å²) in [5.41, 5.74) is 25.5. The predicted octanol–water partition coefficient (Wildman–Crippen LogP) is 9.80. The van der Waals surface area contributed by atoms with E-state index in [1.165, 1.54) is 47.7 Å². The number of amides is 3. The van der Waals surface area contributed by atoms with Crippen molar-refractivity contribution >= 4 is 91.0 Å². The van der Waals surface area contributed by atoms with Gasteiger partial charge in [0.15, 0.2) is 29.1 Å². The predicted molar refractivity (Wildman–Crippen MR) is 457 cm³/mol. The number of aliphatic hydroxyl groups is 1. The molecule has 118 heavy (non-hydrogen) atoms. The van der Waals surface area contributed by atoms with E-state index in [0.717, 1.165) is 41.4 Å². The fourth-order valence-electron chi connectivity index (χ4n) is 17.8. The number of phenols is 1. The van der Waals surface area contributed by atoms with Crippen LogP contribution in [-0.2, 0) is 92.5 Å². The third kappa shape index (κ3) is 25.4. The summed E-state index contributed by atoms with van der Waals surface area (Å²) in [6, 6.07) is 39.3. The highest BCUT2D eigenvalue weighted by molar-refractivity contribution is 7.85. The van der Waals surface area contributed by atoms with Crippen molar-refractivity contribution in [2.24, 2.45) is 57.7 Å². The number of carbonyl (C=O) groups excluding carboxylic acids is 9. The van der Waals surface area contributed by atoms with Crippen LogP contribution in [0.1, 0.15) is 155 Å². The number of nitrogens with two attached hydrogens (primary N) is 3. The summed E-state index contributed by atoms with van der Waals surface area (Å²) in [6.45, 7) is 2.55. The molecule has 8 aromatic rings. The average Bonchev–Trinajstić information content (AvgIpc) is 1.50. The number of halogens is 1. The number of aliphatic imine (C=N–C) groups is 1. The van der Waals surface area contributed by atoms with Crippen molar-refractivity contribution in [3.63, 3.8) is 0 Å². The number of rotatable bonds is 28. The Balaban J connectivity index is 0.913. The van der Waals surface area contributed by atoms with E-state index in [1.54, 1.807) is 54.7 Å². The second kappa shape index (κ2) is 43.5. The number of aromatic hydroxyl groups is 1. The van der Waals surface area contributed by atoms with Crippen LogP contribution in [0.25, 0.3) is 21.8 Å². The maximum atomic E-state index is 15.6. The summed E-state index contributed by atoms with van der Waals surface area (Å²) in [5.74, 6) is -9.65. The van der Waals surface area contributed by atoms with E-state index in [-0.39, 0.29) is 137 Å². The zero-order chi connectivity index (χ0) is 83.8. The Morgan fingerprint density at radius 1 is 0.627 bits per heavy atom. The molecule has 3 amide bonds. The minimum Gasteiger partial charge on any atom is -0.508 e. The number of nitrogens with zero attached hydrogens (tertiary/aromatic N) is 2. The number of H-pyrrole nitrogens is 2. The van der Waals surface area contributed by atoms with Crippen molar-refractivity contribution in [3.05, 3.63) is 209 Å². The van der Waals surface area contributed by atoms with Gasteiger partial charge in [0.1, 0.15) is 29.2 Å². The lowest BCUT2D eigenvalue weighted by molar-refractivity contribution is -0.136. The van der Waals surface area contributed by atoms with Crippen LogP contribution < -0.4 is 38.5 Å². The molecule has 14 atom stereocenters. The molecule has 0 bridgehead atoms. The molecule has 25 heteroatoms. The van der Waals surface area contributed by atoms with Crippen molar-refractivity contribution in [1.82, 2.24) is 36.1 Å². The zero-order valence-electron chi connectivity index (χ0n) is 67.8. The first-order valence-electron chi connectivity index (χ1n) is 41.9. The number of phenolic OH excluding ortho intramolecular Hbond substituents is 1. The number of ketones is 6. The van der Waals surface area contributed by atoms with Crippen LogP contribution in [0, 0.1) is 41.3 Å². The van der Waals surface area contributed by atoms with Gasteiger partial charge in [-0.3, -0.25) is 52.4 Å². The Kier molecular flexibility index (Phi) is 32.7. The van der Waals surface area contributed by atoms with E-state index < -0.39 is 131 Å². The molecule has 2 aromatic heterocycles. The van der Waals surface area contributed by atoms with Crippen LogP contribution >= 0.6 is 0 Å². The average molecular weight is 1630 g/mol. The Hall–Kier alpha value is -10.2. The lowest BCUT2D eigenvalue weighted by atomic mass is 9.73. The van der Waals surface area contributed by atoms with Crippen molar-refractivity contribution in [2.75, 3.05) is 44.7 Å². The van der Waals surface area contributed by atoms with Crippen LogP contribution in [0.4, 0.5) is 4.39 Å². The van der Waals surface area contributed by atoms with Gasteiger partial charge >= 0.3 is 0 Å². The Morgan fingerprint density at radius 2 is 1.23 bits per heavy atom. The highest BCUT2D eigenvalue weighted by Gasteiger charge is 2.42. The summed E-state index contributed by atoms with van der Waals surface area (Å²) in [6.07, 6.45) is 5.24. The molecule has 11 rings (SSSR count). The molecule has 4 heterocycles. The number of fused-ring (bicyclic) bond motifs is 3. The van der Waals surface area contributed by atoms with Crippen LogP contribution in [0.3, 0.4) is 0 Å². The number of hydrogen-bond donors (Lipinski definition) is 11. The lowest BCUT2D eigenvalue weighted by Crippen LogP contribution is -2.51. The van der Waals surface area contributed by atoms with Gasteiger partial charge in [-0.15, -0.1) is 0 Å². The number of benzene rings is 6. The number of likely N-dealkylation sites (N-methyl/N-ethyl adjacent to an activating group) is 1. The first-order valence-corrected chi connectivity index (χ1v) is 43.4. The quantitative estimate of drug-likeness (QED) is 0.0123. The molecular weight excluding hydrogens is 1510 g/mol. The number of para-hydroxylation sites is 1. The summed E-state index contributed by atoms with van der Waals surface area (Å²) < 4.78 is 28.8. The number of nitrogens with one attached hydrogen (secondary N) is 6. The van der Waals surface area contributed by atoms with Crippen molar-refractivity contribution < 1.29 is 62.0 Å². The number of aliphatic hydroxyl groups excluding tert-OH is 1. The number of aromatic nitrogens is 2. The number of aromatic amines is 2. The number of Topliss-reactive ketones (excluding diaryl/α,β-unsaturated/α-hetero) is 6. The van der Waals surface area contributed by atoms with Crippen LogP contribution in [-0.4, -0.2) is 169 Å². The van der Waals surface area contributed by atoms with Crippen molar-refractivity contribution in [1.29, 1.82) is 0 Å². The van der Waals surface area contributed by atoms with Crippen LogP contribution in [0.5, 0.6) is 5.75 Å². The largest absolute Gasteiger partial charge is 0.508 e. The van der Waals surface area contributed by atoms with Crippen molar-refractivity contribution in [2.45, 2.75) is 190 Å². The standard InChI is InChI=1S/C93H116FN11O12S/c1-58(106)89-87(113)50-67(41-62-30-34-71(94)35-31-62)83(109)29-11-5-10-27-78(99-52-63(40-61-32-36-72(107)37-33-61)43-73(108)57-118(117)56-64-44-76-75-25-16-28-79-88(75)70(54-101-79)47-82(76)105(2)55-64)84(110)48-66(23-17-39-98-93(96)97)90(114)102-80(45-60-20-8-4-9-21-60)86(112)51-68(42-59-18-6-3-7-19-59)92(116)103-81(46-69-53-100-77-26-13-12-24-74(69)77)85(111)49-65(91(115)104-89)22-14-15-38-95/h3-4,6-9,12-13,16,18-21,24-26,28,30-37,53-54,58,63-68,76,78,80-82,89,99-101,106-107H,5,10-11,14-15,17,22-23,27,29,38-52,55-57,95H2,1-2H3,(H,102,114)(H,103,116)(H,104,115)(H4,96,97,98)/t58-,63-,64-,65-,66-,67-,68-,76-,78-,80+,81-,82-,89+,118?/m1/s1. The maximum Gasteiger partial charge on any atom is 0.224 e. The Labute approximate surface area is 692 Å². The Bertz CT molecular complexity index is 4780. The van der Waals surface area contributed by atoms with Gasteiger partial charge in [-0.25, -0.2) is 4.39 Å². The van der Waals surface area contributed by atoms with E-state index in [1.807, 2.05) is 60.7 Å². The first kappa shape index (κ1) is 88.6. The van der Waals surface area contributed by atoms with Gasteiger partial charge in [-0.1, -0.05) is 135 Å². The fourth-order valence-corrected chi connectivity index (χ4v) is 19.1. The molecule has 2 saturated heterocycles. The molecule has 3 aliphatic rings. The molecule has 1 aliphatic carbocycles. The molecule has 628 valence electrons. The number of hydrogen-bond acceptors (Lipinski definition) is 16. The van der Waals surface area contributed by atoms with Gasteiger partial charge in [-0.2, -0.15) is 0 Å². The maximum absolute atomic E-state index is 15.6. The third-order valence-electron chi connectivity index (χ3n) is 24.0. The number of carbonyl (C=O) groups is 9. The minimum atomic E-state index is -1.55. The molecule has 6 aromatic carbocycles. The molecule has 0 saturated carbocycles. The molecule has 23 nitrogen and oxygen atoms in total. The minimum absolute atomic E-state index is 0.00936. The summed E-state index contributed by atoms with van der Waals surface area (Å²) in [5, 5.41) is 36.3. The van der Waals surface area contributed by atoms with Gasteiger partial charge in [-0.05, 0) is 191 Å². The second-order valence-electron chi connectivity index (χ2n) is 33.1. The van der Waals surface area contributed by atoms with Gasteiger partial charge in [0.05, 0.1) is 30.0 Å². The number of likely N-dealkylation sites (tertiary alicyclic amines) is 1. The Morgan fingerprint density at radius 3 is 1.93 bits per heavy atom. The molecule has 2 fully saturated rings. The lowest BCUT2D eigenvalue weighted by Gasteiger charge is -2.45. The molecule has 0 radical (unpaired) electrons. The molecule has 2 aliphatic heterocycles. The number of unbranched alkanes of at least 4 members (excludes halogenated alkanes) is 1. The summed E-state index contributed by atoms with van der Waals surface area (Å²) in [4.78, 5) is 150. The van der Waals surface area contributed by atoms with Gasteiger partial charge < -0.3 is 63.5 Å². The number of piperidine rings is 1. The smallest absolute Gasteiger partial charge is 0.224 e.